The van der Waals surface area contributed by atoms with Crippen LogP contribution in [-0.2, 0) is 14.3 Å². The molecule has 0 aliphatic rings. The SMILES string of the molecule is CC(C)(C)OC(=O)/C(=C/C(=O)O)C(C)(C)C. The smallest absolute Gasteiger partial charge is 0.335 e. The Hall–Kier alpha value is -1.32. The third-order valence-electron chi connectivity index (χ3n) is 1.69. The molecule has 0 bridgehead atoms. The van der Waals surface area contributed by atoms with E-state index in [9.17, 15) is 9.59 Å². The summed E-state index contributed by atoms with van der Waals surface area (Å²) < 4.78 is 5.16. The maximum atomic E-state index is 11.8. The lowest BCUT2D eigenvalue weighted by atomic mass is 9.86. The molecule has 0 aromatic carbocycles. The van der Waals surface area contributed by atoms with Gasteiger partial charge in [-0.1, -0.05) is 20.8 Å². The summed E-state index contributed by atoms with van der Waals surface area (Å²) in [6, 6.07) is 0. The fourth-order valence-electron chi connectivity index (χ4n) is 1.04. The van der Waals surface area contributed by atoms with Gasteiger partial charge < -0.3 is 9.84 Å². The zero-order valence-electron chi connectivity index (χ0n) is 10.7. The Bertz CT molecular complexity index is 313. The average Bonchev–Trinajstić information content (AvgIpc) is 1.93. The van der Waals surface area contributed by atoms with E-state index in [1.165, 1.54) is 0 Å². The van der Waals surface area contributed by atoms with Crippen LogP contribution in [0.25, 0.3) is 0 Å². The molecule has 0 heterocycles. The van der Waals surface area contributed by atoms with Gasteiger partial charge in [-0.25, -0.2) is 9.59 Å². The lowest BCUT2D eigenvalue weighted by Gasteiger charge is -2.26. The molecule has 4 heteroatoms. The summed E-state index contributed by atoms with van der Waals surface area (Å²) in [6.45, 7) is 10.5. The first-order chi connectivity index (χ1) is 6.93. The fourth-order valence-corrected chi connectivity index (χ4v) is 1.04. The number of carbonyl (C=O) groups excluding carboxylic acids is 1. The van der Waals surface area contributed by atoms with Gasteiger partial charge in [0.25, 0.3) is 0 Å². The Balaban J connectivity index is 5.10. The van der Waals surface area contributed by atoms with Crippen molar-refractivity contribution in [2.45, 2.75) is 47.1 Å². The van der Waals surface area contributed by atoms with Gasteiger partial charge >= 0.3 is 11.9 Å². The quantitative estimate of drug-likeness (QED) is 0.582. The van der Waals surface area contributed by atoms with E-state index in [0.717, 1.165) is 6.08 Å². The number of aliphatic carboxylic acids is 1. The van der Waals surface area contributed by atoms with E-state index in [2.05, 4.69) is 0 Å². The number of hydrogen-bond acceptors (Lipinski definition) is 3. The molecular formula is C12H20O4. The van der Waals surface area contributed by atoms with Crippen molar-refractivity contribution < 1.29 is 19.4 Å². The Morgan fingerprint density at radius 2 is 1.50 bits per heavy atom. The second-order valence-corrected chi connectivity index (χ2v) is 5.65. The molecule has 0 aromatic rings. The highest BCUT2D eigenvalue weighted by atomic mass is 16.6. The van der Waals surface area contributed by atoms with Gasteiger partial charge in [0.05, 0.1) is 0 Å². The van der Waals surface area contributed by atoms with Crippen LogP contribution in [0.3, 0.4) is 0 Å². The predicted molar refractivity (Wildman–Crippen MR) is 61.0 cm³/mol. The first-order valence-corrected chi connectivity index (χ1v) is 5.12. The van der Waals surface area contributed by atoms with Crippen molar-refractivity contribution >= 4 is 11.9 Å². The van der Waals surface area contributed by atoms with E-state index >= 15 is 0 Å². The average molecular weight is 228 g/mol. The van der Waals surface area contributed by atoms with Gasteiger partial charge in [-0.05, 0) is 26.2 Å². The van der Waals surface area contributed by atoms with Crippen LogP contribution in [0.5, 0.6) is 0 Å². The number of rotatable bonds is 2. The summed E-state index contributed by atoms with van der Waals surface area (Å²) in [6.07, 6.45) is 0.911. The van der Waals surface area contributed by atoms with Crippen LogP contribution in [0, 0.1) is 5.41 Å². The number of hydrogen-bond donors (Lipinski definition) is 1. The van der Waals surface area contributed by atoms with Gasteiger partial charge in [-0.2, -0.15) is 0 Å². The largest absolute Gasteiger partial charge is 0.478 e. The van der Waals surface area contributed by atoms with Crippen LogP contribution in [-0.4, -0.2) is 22.6 Å². The number of ether oxygens (including phenoxy) is 1. The fraction of sp³-hybridized carbons (Fsp3) is 0.667. The monoisotopic (exact) mass is 228 g/mol. The summed E-state index contributed by atoms with van der Waals surface area (Å²) in [7, 11) is 0. The molecule has 0 radical (unpaired) electrons. The number of carboxylic acids is 1. The van der Waals surface area contributed by atoms with E-state index in [0.29, 0.717) is 0 Å². The standard InChI is InChI=1S/C12H20O4/c1-11(2,3)8(7-9(13)14)10(15)16-12(4,5)6/h7H,1-6H3,(H,13,14)/b8-7-. The molecule has 1 N–H and O–H groups in total. The van der Waals surface area contributed by atoms with Crippen molar-refractivity contribution in [3.05, 3.63) is 11.6 Å². The summed E-state index contributed by atoms with van der Waals surface area (Å²) in [5.74, 6) is -1.72. The zero-order valence-corrected chi connectivity index (χ0v) is 10.7. The molecule has 0 amide bonds. The molecule has 0 spiro atoms. The lowest BCUT2D eigenvalue weighted by Crippen LogP contribution is -2.29. The first-order valence-electron chi connectivity index (χ1n) is 5.12. The summed E-state index contributed by atoms with van der Waals surface area (Å²) in [4.78, 5) is 22.4. The maximum absolute atomic E-state index is 11.8. The van der Waals surface area contributed by atoms with Crippen molar-refractivity contribution in [1.82, 2.24) is 0 Å². The van der Waals surface area contributed by atoms with Crippen LogP contribution >= 0.6 is 0 Å². The Morgan fingerprint density at radius 3 is 1.75 bits per heavy atom. The van der Waals surface area contributed by atoms with Gasteiger partial charge in [0.1, 0.15) is 5.60 Å². The minimum absolute atomic E-state index is 0.162. The van der Waals surface area contributed by atoms with Crippen LogP contribution in [0.4, 0.5) is 0 Å². The molecule has 0 rings (SSSR count). The van der Waals surface area contributed by atoms with Gasteiger partial charge in [-0.15, -0.1) is 0 Å². The highest BCUT2D eigenvalue weighted by Gasteiger charge is 2.29. The maximum Gasteiger partial charge on any atom is 0.335 e. The minimum atomic E-state index is -1.14. The van der Waals surface area contributed by atoms with Crippen LogP contribution < -0.4 is 0 Å². The predicted octanol–water partition coefficient (Wildman–Crippen LogP) is 2.39. The second-order valence-electron chi connectivity index (χ2n) is 5.65. The number of carboxylic acid groups (broad SMARTS) is 1. The Kier molecular flexibility index (Phi) is 4.29. The van der Waals surface area contributed by atoms with Crippen molar-refractivity contribution in [2.75, 3.05) is 0 Å². The molecule has 0 unspecified atom stereocenters. The highest BCUT2D eigenvalue weighted by Crippen LogP contribution is 2.27. The van der Waals surface area contributed by atoms with Crippen molar-refractivity contribution in [3.8, 4) is 0 Å². The van der Waals surface area contributed by atoms with Crippen molar-refractivity contribution in [3.63, 3.8) is 0 Å². The third-order valence-corrected chi connectivity index (χ3v) is 1.69. The Morgan fingerprint density at radius 1 is 1.06 bits per heavy atom. The molecule has 0 saturated carbocycles. The van der Waals surface area contributed by atoms with E-state index in [1.807, 2.05) is 0 Å². The van der Waals surface area contributed by atoms with E-state index < -0.39 is 23.0 Å². The Labute approximate surface area is 96.3 Å². The molecule has 0 aromatic heterocycles. The molecule has 4 nitrogen and oxygen atoms in total. The first kappa shape index (κ1) is 14.7. The van der Waals surface area contributed by atoms with Gasteiger partial charge in [0.2, 0.25) is 0 Å². The summed E-state index contributed by atoms with van der Waals surface area (Å²) >= 11 is 0. The molecule has 16 heavy (non-hydrogen) atoms. The van der Waals surface area contributed by atoms with Gasteiger partial charge in [0, 0.05) is 11.6 Å². The zero-order chi connectivity index (χ0) is 13.1. The van der Waals surface area contributed by atoms with Crippen LogP contribution in [0.1, 0.15) is 41.5 Å². The van der Waals surface area contributed by atoms with E-state index in [4.69, 9.17) is 9.84 Å². The summed E-state index contributed by atoms with van der Waals surface area (Å²) in [5.41, 5.74) is -1.02. The summed E-state index contributed by atoms with van der Waals surface area (Å²) in [5, 5.41) is 8.71. The van der Waals surface area contributed by atoms with Crippen molar-refractivity contribution in [2.24, 2.45) is 5.41 Å². The van der Waals surface area contributed by atoms with Crippen molar-refractivity contribution in [1.29, 1.82) is 0 Å². The molecule has 0 aliphatic heterocycles. The normalized spacial score (nSPS) is 13.5. The minimum Gasteiger partial charge on any atom is -0.478 e. The van der Waals surface area contributed by atoms with Crippen LogP contribution in [0.15, 0.2) is 11.6 Å². The third kappa shape index (κ3) is 5.53. The molecule has 0 saturated heterocycles. The van der Waals surface area contributed by atoms with Gasteiger partial charge in [0.15, 0.2) is 0 Å². The molecule has 92 valence electrons. The molecular weight excluding hydrogens is 208 g/mol. The topological polar surface area (TPSA) is 63.6 Å². The molecule has 0 aliphatic carbocycles. The molecule has 0 atom stereocenters. The van der Waals surface area contributed by atoms with E-state index in [-0.39, 0.29) is 5.57 Å². The second kappa shape index (κ2) is 4.68. The molecule has 0 fully saturated rings. The lowest BCUT2D eigenvalue weighted by molar-refractivity contribution is -0.151. The van der Waals surface area contributed by atoms with Crippen LogP contribution in [0.2, 0.25) is 0 Å². The number of esters is 1. The highest BCUT2D eigenvalue weighted by molar-refractivity contribution is 5.96. The number of carbonyl (C=O) groups is 2. The van der Waals surface area contributed by atoms with Gasteiger partial charge in [-0.3, -0.25) is 0 Å². The van der Waals surface area contributed by atoms with E-state index in [1.54, 1.807) is 41.5 Å².